The standard InChI is InChI=1S/C12H15N5O4/c13-9-6-10(15-3-14-9)17(4-16-6)11-7(19)8(20)12(21-11)2-1-5(12)18/h3-5,7-8,11,18-20H,1-2H2,(H2,13,14,15)/t5-,7+,8?,11?,12+/m1/s1. The predicted molar refractivity (Wildman–Crippen MR) is 69.8 cm³/mol. The van der Waals surface area contributed by atoms with Crippen molar-refractivity contribution in [3.8, 4) is 0 Å². The van der Waals surface area contributed by atoms with Crippen LogP contribution >= 0.6 is 0 Å². The predicted octanol–water partition coefficient (Wildman–Crippen LogP) is -1.45. The van der Waals surface area contributed by atoms with Gasteiger partial charge in [0, 0.05) is 0 Å². The van der Waals surface area contributed by atoms with Gasteiger partial charge in [0.15, 0.2) is 17.7 Å². The van der Waals surface area contributed by atoms with Gasteiger partial charge in [0.25, 0.3) is 0 Å². The number of nitrogen functional groups attached to an aromatic ring is 1. The van der Waals surface area contributed by atoms with E-state index in [1.807, 2.05) is 0 Å². The van der Waals surface area contributed by atoms with Crippen LogP contribution in [0.3, 0.4) is 0 Å². The molecule has 2 aliphatic rings. The number of aliphatic hydroxyl groups is 3. The quantitative estimate of drug-likeness (QED) is 0.501. The van der Waals surface area contributed by atoms with Crippen molar-refractivity contribution in [1.82, 2.24) is 19.5 Å². The number of fused-ring (bicyclic) bond motifs is 1. The molecule has 2 aromatic rings. The molecule has 9 heteroatoms. The van der Waals surface area contributed by atoms with Crippen LogP contribution < -0.4 is 5.73 Å². The number of nitrogens with two attached hydrogens (primary N) is 1. The van der Waals surface area contributed by atoms with Crippen molar-refractivity contribution in [2.45, 2.75) is 43.0 Å². The average molecular weight is 293 g/mol. The maximum absolute atomic E-state index is 10.3. The van der Waals surface area contributed by atoms with Gasteiger partial charge in [-0.3, -0.25) is 4.57 Å². The molecule has 1 aliphatic heterocycles. The van der Waals surface area contributed by atoms with Crippen LogP contribution in [0.2, 0.25) is 0 Å². The summed E-state index contributed by atoms with van der Waals surface area (Å²) in [4.78, 5) is 12.0. The maximum atomic E-state index is 10.3. The third-order valence-corrected chi connectivity index (χ3v) is 4.49. The summed E-state index contributed by atoms with van der Waals surface area (Å²) in [6.07, 6.45) is -0.266. The van der Waals surface area contributed by atoms with Crippen LogP contribution in [-0.2, 0) is 4.74 Å². The number of nitrogens with zero attached hydrogens (tertiary/aromatic N) is 4. The van der Waals surface area contributed by atoms with Crippen molar-refractivity contribution in [3.05, 3.63) is 12.7 Å². The molecule has 1 spiro atoms. The van der Waals surface area contributed by atoms with Gasteiger partial charge in [-0.25, -0.2) is 15.0 Å². The molecule has 5 atom stereocenters. The Bertz CT molecular complexity index is 706. The largest absolute Gasteiger partial charge is 0.390 e. The Balaban J connectivity index is 1.78. The lowest BCUT2D eigenvalue weighted by Gasteiger charge is -2.44. The highest BCUT2D eigenvalue weighted by Crippen LogP contribution is 2.49. The summed E-state index contributed by atoms with van der Waals surface area (Å²) in [5, 5.41) is 30.4. The summed E-state index contributed by atoms with van der Waals surface area (Å²) < 4.78 is 7.29. The van der Waals surface area contributed by atoms with Gasteiger partial charge < -0.3 is 25.8 Å². The maximum Gasteiger partial charge on any atom is 0.167 e. The lowest BCUT2D eigenvalue weighted by Crippen LogP contribution is -2.59. The molecular weight excluding hydrogens is 278 g/mol. The average Bonchev–Trinajstić information content (AvgIpc) is 3.01. The summed E-state index contributed by atoms with van der Waals surface area (Å²) >= 11 is 0. The molecule has 1 aliphatic carbocycles. The number of hydrogen-bond acceptors (Lipinski definition) is 8. The molecule has 2 unspecified atom stereocenters. The van der Waals surface area contributed by atoms with Crippen LogP contribution in [-0.4, -0.2) is 58.8 Å². The van der Waals surface area contributed by atoms with E-state index in [-0.39, 0.29) is 5.82 Å². The van der Waals surface area contributed by atoms with Crippen molar-refractivity contribution in [1.29, 1.82) is 0 Å². The smallest absolute Gasteiger partial charge is 0.167 e. The third kappa shape index (κ3) is 1.51. The second-order valence-electron chi connectivity index (χ2n) is 5.54. The molecule has 9 nitrogen and oxygen atoms in total. The minimum atomic E-state index is -1.19. The fraction of sp³-hybridized carbons (Fsp3) is 0.583. The molecule has 0 amide bonds. The Hall–Kier alpha value is -1.81. The van der Waals surface area contributed by atoms with Crippen LogP contribution in [0.25, 0.3) is 11.2 Å². The molecule has 0 aromatic carbocycles. The van der Waals surface area contributed by atoms with Gasteiger partial charge in [-0.2, -0.15) is 0 Å². The van der Waals surface area contributed by atoms with Gasteiger partial charge in [-0.05, 0) is 12.8 Å². The highest BCUT2D eigenvalue weighted by Gasteiger charge is 2.63. The number of anilines is 1. The Kier molecular flexibility index (Phi) is 2.52. The van der Waals surface area contributed by atoms with E-state index in [1.165, 1.54) is 17.2 Å². The van der Waals surface area contributed by atoms with E-state index >= 15 is 0 Å². The SMILES string of the molecule is Nc1ncnc2c1ncn2C1O[C@]2(CC[C@H]2O)C(O)[C@@H]1O. The van der Waals surface area contributed by atoms with Crippen LogP contribution in [0.15, 0.2) is 12.7 Å². The molecule has 21 heavy (non-hydrogen) atoms. The normalized spacial score (nSPS) is 39.0. The number of hydrogen-bond donors (Lipinski definition) is 4. The minimum absolute atomic E-state index is 0.227. The van der Waals surface area contributed by atoms with E-state index in [4.69, 9.17) is 10.5 Å². The van der Waals surface area contributed by atoms with Crippen molar-refractivity contribution in [2.24, 2.45) is 0 Å². The van der Waals surface area contributed by atoms with Crippen LogP contribution in [0.4, 0.5) is 5.82 Å². The van der Waals surface area contributed by atoms with E-state index in [2.05, 4.69) is 15.0 Å². The number of aromatic nitrogens is 4. The second-order valence-corrected chi connectivity index (χ2v) is 5.54. The van der Waals surface area contributed by atoms with Crippen LogP contribution in [0.5, 0.6) is 0 Å². The summed E-state index contributed by atoms with van der Waals surface area (Å²) in [5.74, 6) is 0.227. The molecule has 5 N–H and O–H groups in total. The Morgan fingerprint density at radius 3 is 2.71 bits per heavy atom. The number of imidazole rings is 1. The summed E-state index contributed by atoms with van der Waals surface area (Å²) in [5.41, 5.74) is 5.42. The molecule has 112 valence electrons. The van der Waals surface area contributed by atoms with E-state index < -0.39 is 30.1 Å². The fourth-order valence-corrected chi connectivity index (χ4v) is 3.13. The summed E-state index contributed by atoms with van der Waals surface area (Å²) in [6, 6.07) is 0. The molecule has 0 bridgehead atoms. The monoisotopic (exact) mass is 293 g/mol. The molecule has 2 aromatic heterocycles. The van der Waals surface area contributed by atoms with Crippen molar-refractivity contribution in [3.63, 3.8) is 0 Å². The number of ether oxygens (including phenoxy) is 1. The van der Waals surface area contributed by atoms with Gasteiger partial charge in [0.05, 0.1) is 12.4 Å². The highest BCUT2D eigenvalue weighted by atomic mass is 16.6. The minimum Gasteiger partial charge on any atom is -0.390 e. The first-order valence-corrected chi connectivity index (χ1v) is 6.69. The molecular formula is C12H15N5O4. The lowest BCUT2D eigenvalue weighted by atomic mass is 9.73. The van der Waals surface area contributed by atoms with E-state index in [0.717, 1.165) is 0 Å². The topological polar surface area (TPSA) is 140 Å². The number of aliphatic hydroxyl groups excluding tert-OH is 3. The molecule has 1 saturated heterocycles. The van der Waals surface area contributed by atoms with Gasteiger partial charge in [0.1, 0.15) is 29.7 Å². The van der Waals surface area contributed by atoms with Crippen LogP contribution in [0, 0.1) is 0 Å². The van der Waals surface area contributed by atoms with Gasteiger partial charge >= 0.3 is 0 Å². The Morgan fingerprint density at radius 1 is 1.29 bits per heavy atom. The first-order valence-electron chi connectivity index (χ1n) is 6.69. The first kappa shape index (κ1) is 12.9. The first-order chi connectivity index (χ1) is 10.0. The zero-order valence-electron chi connectivity index (χ0n) is 11.0. The van der Waals surface area contributed by atoms with Gasteiger partial charge in [-0.15, -0.1) is 0 Å². The lowest BCUT2D eigenvalue weighted by molar-refractivity contribution is -0.213. The fourth-order valence-electron chi connectivity index (χ4n) is 3.13. The summed E-state index contributed by atoms with van der Waals surface area (Å²) in [7, 11) is 0. The van der Waals surface area contributed by atoms with Crippen molar-refractivity contribution in [2.75, 3.05) is 5.73 Å². The zero-order valence-corrected chi connectivity index (χ0v) is 11.0. The second kappa shape index (κ2) is 4.10. The molecule has 4 rings (SSSR count). The third-order valence-electron chi connectivity index (χ3n) is 4.49. The van der Waals surface area contributed by atoms with E-state index in [9.17, 15) is 15.3 Å². The Labute approximate surface area is 119 Å². The molecule has 1 saturated carbocycles. The Morgan fingerprint density at radius 2 is 2.10 bits per heavy atom. The van der Waals surface area contributed by atoms with Crippen molar-refractivity contribution < 1.29 is 20.1 Å². The van der Waals surface area contributed by atoms with Crippen molar-refractivity contribution >= 4 is 17.0 Å². The zero-order chi connectivity index (χ0) is 14.8. The highest BCUT2D eigenvalue weighted by molar-refractivity contribution is 5.81. The molecule has 3 heterocycles. The van der Waals surface area contributed by atoms with Gasteiger partial charge in [0.2, 0.25) is 0 Å². The van der Waals surface area contributed by atoms with Gasteiger partial charge in [-0.1, -0.05) is 0 Å². The number of rotatable bonds is 1. The summed E-state index contributed by atoms with van der Waals surface area (Å²) in [6.45, 7) is 0. The molecule has 0 radical (unpaired) electrons. The van der Waals surface area contributed by atoms with Crippen LogP contribution in [0.1, 0.15) is 19.1 Å². The van der Waals surface area contributed by atoms with E-state index in [0.29, 0.717) is 24.0 Å². The van der Waals surface area contributed by atoms with E-state index in [1.54, 1.807) is 0 Å². The molecule has 2 fully saturated rings.